The second-order valence-electron chi connectivity index (χ2n) is 4.99. The number of H-pyrrole nitrogens is 1. The van der Waals surface area contributed by atoms with Gasteiger partial charge in [0.2, 0.25) is 0 Å². The molecule has 0 aliphatic rings. The quantitative estimate of drug-likeness (QED) is 0.748. The minimum absolute atomic E-state index is 0.271. The largest absolute Gasteiger partial charge is 0.327 e. The number of aryl methyl sites for hydroxylation is 1. The van der Waals surface area contributed by atoms with E-state index in [2.05, 4.69) is 57.1 Å². The van der Waals surface area contributed by atoms with Gasteiger partial charge in [0, 0.05) is 25.3 Å². The van der Waals surface area contributed by atoms with Crippen LogP contribution in [0.1, 0.15) is 24.5 Å². The Labute approximate surface area is 118 Å². The van der Waals surface area contributed by atoms with Crippen molar-refractivity contribution in [1.82, 2.24) is 25.1 Å². The van der Waals surface area contributed by atoms with Gasteiger partial charge in [-0.25, -0.2) is 4.98 Å². The molecule has 2 aromatic heterocycles. The van der Waals surface area contributed by atoms with Crippen molar-refractivity contribution in [2.45, 2.75) is 26.4 Å². The summed E-state index contributed by atoms with van der Waals surface area (Å²) in [5, 5.41) is 10.5. The standard InChI is InChI=1S/C15H19N5/c1-11(13-7-8-17-19-13)16-9-10-20-12(2)18-14-5-3-4-6-15(14)20/h3-8,11,16H,9-10H2,1-2H3,(H,17,19). The van der Waals surface area contributed by atoms with Gasteiger partial charge in [0.05, 0.1) is 16.7 Å². The van der Waals surface area contributed by atoms with Gasteiger partial charge in [-0.2, -0.15) is 5.10 Å². The monoisotopic (exact) mass is 269 g/mol. The molecular weight excluding hydrogens is 250 g/mol. The first kappa shape index (κ1) is 12.9. The fourth-order valence-corrected chi connectivity index (χ4v) is 2.49. The van der Waals surface area contributed by atoms with Gasteiger partial charge in [0.15, 0.2) is 0 Å². The van der Waals surface area contributed by atoms with Crippen LogP contribution < -0.4 is 5.32 Å². The molecule has 0 aliphatic heterocycles. The van der Waals surface area contributed by atoms with Gasteiger partial charge in [-0.3, -0.25) is 5.10 Å². The van der Waals surface area contributed by atoms with Gasteiger partial charge in [-0.1, -0.05) is 12.1 Å². The number of benzene rings is 1. The second-order valence-corrected chi connectivity index (χ2v) is 4.99. The van der Waals surface area contributed by atoms with Crippen LogP contribution in [0, 0.1) is 6.92 Å². The van der Waals surface area contributed by atoms with Crippen molar-refractivity contribution in [3.8, 4) is 0 Å². The van der Waals surface area contributed by atoms with E-state index in [9.17, 15) is 0 Å². The number of aromatic nitrogens is 4. The Kier molecular flexibility index (Phi) is 3.52. The highest BCUT2D eigenvalue weighted by Crippen LogP contribution is 2.15. The van der Waals surface area contributed by atoms with E-state index in [-0.39, 0.29) is 6.04 Å². The Balaban J connectivity index is 1.67. The summed E-state index contributed by atoms with van der Waals surface area (Å²) in [6.07, 6.45) is 1.78. The Morgan fingerprint density at radius 2 is 2.15 bits per heavy atom. The highest BCUT2D eigenvalue weighted by Gasteiger charge is 2.08. The molecule has 0 amide bonds. The molecule has 20 heavy (non-hydrogen) atoms. The molecule has 0 saturated carbocycles. The molecule has 0 aliphatic carbocycles. The molecule has 2 heterocycles. The summed E-state index contributed by atoms with van der Waals surface area (Å²) in [6, 6.07) is 10.5. The Hall–Kier alpha value is -2.14. The van der Waals surface area contributed by atoms with E-state index < -0.39 is 0 Å². The van der Waals surface area contributed by atoms with E-state index >= 15 is 0 Å². The lowest BCUT2D eigenvalue weighted by atomic mass is 10.2. The molecule has 0 bridgehead atoms. The van der Waals surface area contributed by atoms with Crippen molar-refractivity contribution < 1.29 is 0 Å². The fraction of sp³-hybridized carbons (Fsp3) is 0.333. The van der Waals surface area contributed by atoms with Crippen LogP contribution in [0.25, 0.3) is 11.0 Å². The lowest BCUT2D eigenvalue weighted by Crippen LogP contribution is -2.24. The maximum Gasteiger partial charge on any atom is 0.106 e. The summed E-state index contributed by atoms with van der Waals surface area (Å²) in [4.78, 5) is 4.58. The summed E-state index contributed by atoms with van der Waals surface area (Å²) in [7, 11) is 0. The van der Waals surface area contributed by atoms with Crippen molar-refractivity contribution in [3.05, 3.63) is 48.0 Å². The highest BCUT2D eigenvalue weighted by atomic mass is 15.1. The zero-order chi connectivity index (χ0) is 13.9. The molecule has 1 unspecified atom stereocenters. The van der Waals surface area contributed by atoms with Crippen LogP contribution in [-0.2, 0) is 6.54 Å². The third-order valence-electron chi connectivity index (χ3n) is 3.62. The van der Waals surface area contributed by atoms with Crippen LogP contribution in [0.2, 0.25) is 0 Å². The molecule has 3 rings (SSSR count). The van der Waals surface area contributed by atoms with Crippen molar-refractivity contribution in [1.29, 1.82) is 0 Å². The second kappa shape index (κ2) is 5.46. The first-order valence-electron chi connectivity index (χ1n) is 6.90. The molecule has 104 valence electrons. The van der Waals surface area contributed by atoms with Crippen LogP contribution >= 0.6 is 0 Å². The number of aromatic amines is 1. The van der Waals surface area contributed by atoms with Crippen molar-refractivity contribution in [3.63, 3.8) is 0 Å². The molecule has 0 saturated heterocycles. The van der Waals surface area contributed by atoms with E-state index in [0.29, 0.717) is 0 Å². The molecule has 2 N–H and O–H groups in total. The molecule has 5 nitrogen and oxygen atoms in total. The van der Waals surface area contributed by atoms with E-state index in [1.165, 1.54) is 5.52 Å². The molecule has 5 heteroatoms. The minimum Gasteiger partial charge on any atom is -0.327 e. The lowest BCUT2D eigenvalue weighted by molar-refractivity contribution is 0.522. The summed E-state index contributed by atoms with van der Waals surface area (Å²) in [5.41, 5.74) is 3.37. The number of imidazole rings is 1. The minimum atomic E-state index is 0.271. The average Bonchev–Trinajstić information content (AvgIpc) is 3.07. The fourth-order valence-electron chi connectivity index (χ4n) is 2.49. The van der Waals surface area contributed by atoms with Crippen molar-refractivity contribution in [2.24, 2.45) is 0 Å². The molecular formula is C15H19N5. The smallest absolute Gasteiger partial charge is 0.106 e. The number of nitrogens with one attached hydrogen (secondary N) is 2. The average molecular weight is 269 g/mol. The van der Waals surface area contributed by atoms with Gasteiger partial charge in [-0.05, 0) is 32.0 Å². The van der Waals surface area contributed by atoms with Gasteiger partial charge < -0.3 is 9.88 Å². The number of hydrogen-bond acceptors (Lipinski definition) is 3. The topological polar surface area (TPSA) is 58.5 Å². The summed E-state index contributed by atoms with van der Waals surface area (Å²) < 4.78 is 2.25. The van der Waals surface area contributed by atoms with Crippen molar-refractivity contribution >= 4 is 11.0 Å². The van der Waals surface area contributed by atoms with Crippen LogP contribution in [0.3, 0.4) is 0 Å². The Bertz CT molecular complexity index is 683. The van der Waals surface area contributed by atoms with Gasteiger partial charge in [0.1, 0.15) is 5.82 Å². The van der Waals surface area contributed by atoms with Crippen LogP contribution in [-0.4, -0.2) is 26.3 Å². The van der Waals surface area contributed by atoms with Gasteiger partial charge >= 0.3 is 0 Å². The van der Waals surface area contributed by atoms with E-state index in [0.717, 1.165) is 30.1 Å². The zero-order valence-corrected chi connectivity index (χ0v) is 11.8. The number of hydrogen-bond donors (Lipinski definition) is 2. The first-order chi connectivity index (χ1) is 9.75. The van der Waals surface area contributed by atoms with E-state index in [1.807, 2.05) is 12.1 Å². The molecule has 1 aromatic carbocycles. The van der Waals surface area contributed by atoms with Crippen LogP contribution in [0.4, 0.5) is 0 Å². The Morgan fingerprint density at radius 1 is 1.30 bits per heavy atom. The summed E-state index contributed by atoms with van der Waals surface area (Å²) in [5.74, 6) is 1.06. The molecule has 1 atom stereocenters. The van der Waals surface area contributed by atoms with E-state index in [1.54, 1.807) is 6.20 Å². The predicted molar refractivity (Wildman–Crippen MR) is 79.5 cm³/mol. The highest BCUT2D eigenvalue weighted by molar-refractivity contribution is 5.75. The zero-order valence-electron chi connectivity index (χ0n) is 11.8. The van der Waals surface area contributed by atoms with Crippen molar-refractivity contribution in [2.75, 3.05) is 6.54 Å². The normalized spacial score (nSPS) is 12.9. The number of rotatable bonds is 5. The molecule has 3 aromatic rings. The van der Waals surface area contributed by atoms with Crippen LogP contribution in [0.5, 0.6) is 0 Å². The maximum absolute atomic E-state index is 4.58. The molecule has 0 fully saturated rings. The first-order valence-corrected chi connectivity index (χ1v) is 6.90. The predicted octanol–water partition coefficient (Wildman–Crippen LogP) is 2.42. The van der Waals surface area contributed by atoms with E-state index in [4.69, 9.17) is 0 Å². The third kappa shape index (κ3) is 2.44. The molecule has 0 radical (unpaired) electrons. The molecule has 0 spiro atoms. The van der Waals surface area contributed by atoms with Gasteiger partial charge in [0.25, 0.3) is 0 Å². The number of nitrogens with zero attached hydrogens (tertiary/aromatic N) is 3. The van der Waals surface area contributed by atoms with Crippen LogP contribution in [0.15, 0.2) is 36.5 Å². The van der Waals surface area contributed by atoms with Gasteiger partial charge in [-0.15, -0.1) is 0 Å². The third-order valence-corrected chi connectivity index (χ3v) is 3.62. The number of para-hydroxylation sites is 2. The SMILES string of the molecule is Cc1nc2ccccc2n1CCNC(C)c1ccn[nH]1. The Morgan fingerprint density at radius 3 is 2.95 bits per heavy atom. The maximum atomic E-state index is 4.58. The summed E-state index contributed by atoms with van der Waals surface area (Å²) in [6.45, 7) is 5.98. The lowest BCUT2D eigenvalue weighted by Gasteiger charge is -2.13. The number of fused-ring (bicyclic) bond motifs is 1. The summed E-state index contributed by atoms with van der Waals surface area (Å²) >= 11 is 0.